The number of carbonyl (C=O) groups excluding carboxylic acids is 2. The molecule has 0 saturated heterocycles. The molecule has 0 unspecified atom stereocenters. The molecular weight excluding hydrogens is 528 g/mol. The van der Waals surface area contributed by atoms with Gasteiger partial charge < -0.3 is 10.6 Å². The average molecular weight is 553 g/mol. The number of alkyl halides is 3. The summed E-state index contributed by atoms with van der Waals surface area (Å²) in [4.78, 5) is 28.9. The minimum atomic E-state index is -4.82. The summed E-state index contributed by atoms with van der Waals surface area (Å²) in [7, 11) is -4.53. The van der Waals surface area contributed by atoms with E-state index in [-0.39, 0.29) is 17.8 Å². The van der Waals surface area contributed by atoms with Crippen molar-refractivity contribution < 1.29 is 35.6 Å². The highest BCUT2D eigenvalue weighted by Crippen LogP contribution is 2.31. The number of amides is 2. The maximum atomic E-state index is 13.2. The Morgan fingerprint density at radius 1 is 0.947 bits per heavy atom. The highest BCUT2D eigenvalue weighted by atomic mass is 32.2. The largest absolute Gasteiger partial charge is 0.407 e. The number of aromatic nitrogens is 1. The topological polar surface area (TPSA) is 117 Å². The maximum absolute atomic E-state index is 13.2. The number of sulfonamides is 1. The Hall–Kier alpha value is -3.84. The van der Waals surface area contributed by atoms with Crippen LogP contribution in [0.15, 0.2) is 77.8 Å². The smallest absolute Gasteiger partial charge is 0.339 e. The van der Waals surface area contributed by atoms with Crippen molar-refractivity contribution in [2.24, 2.45) is 0 Å². The first kappa shape index (κ1) is 28.7. The van der Waals surface area contributed by atoms with Crippen molar-refractivity contribution in [2.45, 2.75) is 42.9 Å². The normalized spacial score (nSPS) is 13.0. The van der Waals surface area contributed by atoms with E-state index in [4.69, 9.17) is 0 Å². The Morgan fingerprint density at radius 3 is 2.13 bits per heavy atom. The third-order valence-corrected chi connectivity index (χ3v) is 7.07. The number of anilines is 1. The highest BCUT2D eigenvalue weighted by molar-refractivity contribution is 7.89. The summed E-state index contributed by atoms with van der Waals surface area (Å²) in [5.74, 6) is -2.01. The third-order valence-electron chi connectivity index (χ3n) is 5.39. The quantitative estimate of drug-likeness (QED) is 0.349. The molecule has 38 heavy (non-hydrogen) atoms. The Balaban J connectivity index is 1.77. The molecule has 0 aliphatic heterocycles. The van der Waals surface area contributed by atoms with E-state index in [1.54, 1.807) is 35.1 Å². The van der Waals surface area contributed by atoms with Gasteiger partial charge in [0.25, 0.3) is 5.91 Å². The lowest BCUT2D eigenvalue weighted by Gasteiger charge is -2.28. The van der Waals surface area contributed by atoms with Crippen LogP contribution in [0, 0.1) is 5.82 Å². The number of hydrogen-bond donors (Lipinski definition) is 3. The average Bonchev–Trinajstić information content (AvgIpc) is 2.83. The van der Waals surface area contributed by atoms with Crippen molar-refractivity contribution in [1.29, 1.82) is 0 Å². The minimum Gasteiger partial charge on any atom is -0.339 e. The molecule has 1 aromatic heterocycles. The molecule has 0 saturated carbocycles. The van der Waals surface area contributed by atoms with Crippen molar-refractivity contribution in [3.63, 3.8) is 0 Å². The van der Waals surface area contributed by atoms with Gasteiger partial charge in [-0.3, -0.25) is 9.59 Å². The molecular formula is C25H24F4N4O4S. The summed E-state index contributed by atoms with van der Waals surface area (Å²) in [6.07, 6.45) is -3.88. The van der Waals surface area contributed by atoms with Gasteiger partial charge in [-0.05, 0) is 55.8 Å². The molecule has 0 aliphatic carbocycles. The van der Waals surface area contributed by atoms with Crippen LogP contribution in [0.4, 0.5) is 23.2 Å². The summed E-state index contributed by atoms with van der Waals surface area (Å²) in [6.45, 7) is 1.39. The molecule has 1 atom stereocenters. The van der Waals surface area contributed by atoms with E-state index in [1.165, 1.54) is 12.1 Å². The fourth-order valence-electron chi connectivity index (χ4n) is 3.20. The lowest BCUT2D eigenvalue weighted by molar-refractivity contribution is -0.180. The maximum Gasteiger partial charge on any atom is 0.407 e. The summed E-state index contributed by atoms with van der Waals surface area (Å²) < 4.78 is 79.0. The number of carbonyl (C=O) groups is 2. The van der Waals surface area contributed by atoms with Crippen LogP contribution in [-0.2, 0) is 21.2 Å². The molecule has 0 bridgehead atoms. The minimum absolute atomic E-state index is 0.0858. The van der Waals surface area contributed by atoms with Crippen molar-refractivity contribution in [3.8, 4) is 0 Å². The molecule has 2 amide bonds. The van der Waals surface area contributed by atoms with Crippen LogP contribution in [0.2, 0.25) is 0 Å². The van der Waals surface area contributed by atoms with Crippen LogP contribution in [0.3, 0.4) is 0 Å². The number of benzene rings is 2. The first-order chi connectivity index (χ1) is 17.7. The van der Waals surface area contributed by atoms with Crippen molar-refractivity contribution >= 4 is 27.5 Å². The first-order valence-corrected chi connectivity index (χ1v) is 12.6. The fraction of sp³-hybridized carbons (Fsp3) is 0.240. The van der Waals surface area contributed by atoms with Gasteiger partial charge in [0.05, 0.1) is 11.1 Å². The lowest BCUT2D eigenvalue weighted by atomic mass is 10.0. The van der Waals surface area contributed by atoms with E-state index >= 15 is 0 Å². The van der Waals surface area contributed by atoms with E-state index < -0.39 is 50.3 Å². The van der Waals surface area contributed by atoms with Gasteiger partial charge in [-0.15, -0.1) is 0 Å². The summed E-state index contributed by atoms with van der Waals surface area (Å²) >= 11 is 0. The molecule has 2 aromatic carbocycles. The van der Waals surface area contributed by atoms with Crippen LogP contribution >= 0.6 is 0 Å². The molecule has 1 heterocycles. The first-order valence-electron chi connectivity index (χ1n) is 11.2. The van der Waals surface area contributed by atoms with Crippen LogP contribution in [0.1, 0.15) is 29.9 Å². The van der Waals surface area contributed by atoms with Crippen LogP contribution in [0.5, 0.6) is 0 Å². The molecule has 0 spiro atoms. The van der Waals surface area contributed by atoms with Gasteiger partial charge in [0, 0.05) is 12.1 Å². The van der Waals surface area contributed by atoms with E-state index in [9.17, 15) is 35.6 Å². The molecule has 202 valence electrons. The number of rotatable bonds is 9. The van der Waals surface area contributed by atoms with E-state index in [1.807, 2.05) is 0 Å². The third kappa shape index (κ3) is 7.35. The van der Waals surface area contributed by atoms with Crippen LogP contribution < -0.4 is 15.4 Å². The fourth-order valence-corrected chi connectivity index (χ4v) is 4.60. The van der Waals surface area contributed by atoms with Gasteiger partial charge in [0.2, 0.25) is 15.9 Å². The van der Waals surface area contributed by atoms with Gasteiger partial charge in [0.15, 0.2) is 0 Å². The Morgan fingerprint density at radius 2 is 1.58 bits per heavy atom. The van der Waals surface area contributed by atoms with Gasteiger partial charge in [-0.1, -0.05) is 30.3 Å². The van der Waals surface area contributed by atoms with Crippen LogP contribution in [0.25, 0.3) is 0 Å². The molecule has 0 aliphatic rings. The molecule has 0 fully saturated rings. The number of nitrogens with zero attached hydrogens (tertiary/aromatic N) is 1. The molecule has 3 rings (SSSR count). The van der Waals surface area contributed by atoms with Crippen molar-refractivity contribution in [2.75, 3.05) is 5.32 Å². The van der Waals surface area contributed by atoms with Gasteiger partial charge >= 0.3 is 6.18 Å². The van der Waals surface area contributed by atoms with Gasteiger partial charge in [-0.2, -0.15) is 17.9 Å². The Labute approximate surface area is 216 Å². The predicted octanol–water partition coefficient (Wildman–Crippen LogP) is 3.82. The van der Waals surface area contributed by atoms with E-state index in [0.717, 1.165) is 36.0 Å². The Bertz CT molecular complexity index is 1380. The Kier molecular flexibility index (Phi) is 8.52. The summed E-state index contributed by atoms with van der Waals surface area (Å²) in [5, 5.41) is 5.10. The molecule has 3 N–H and O–H groups in total. The molecule has 3 aromatic rings. The molecule has 13 heteroatoms. The van der Waals surface area contributed by atoms with Crippen molar-refractivity contribution in [1.82, 2.24) is 15.0 Å². The van der Waals surface area contributed by atoms with Crippen LogP contribution in [-0.4, -0.2) is 43.0 Å². The SMILES string of the molecule is CC(C)(NS(=O)(=O)c1ccc(NC(=O)[C@H](Cc2ccccc2)NC(=O)c2ccc(F)cn2)cc1)C(F)(F)F. The number of nitrogens with one attached hydrogen (secondary N) is 3. The number of hydrogen-bond acceptors (Lipinski definition) is 5. The summed E-state index contributed by atoms with van der Waals surface area (Å²) in [5.41, 5.74) is -1.96. The van der Waals surface area contributed by atoms with Crippen molar-refractivity contribution in [3.05, 3.63) is 90.0 Å². The lowest BCUT2D eigenvalue weighted by Crippen LogP contribution is -2.54. The van der Waals surface area contributed by atoms with Gasteiger partial charge in [-0.25, -0.2) is 17.8 Å². The standard InChI is InChI=1S/C25H24F4N4O4S/c1-24(2,25(27,28)29)33-38(36,37)19-11-9-18(10-12-19)31-23(35)21(14-16-6-4-3-5-7-16)32-22(34)20-13-8-17(26)15-30-20/h3-13,15,21,33H,14H2,1-2H3,(H,31,35)(H,32,34)/t21-/m0/s1. The zero-order valence-corrected chi connectivity index (χ0v) is 21.0. The number of pyridine rings is 1. The second-order valence-corrected chi connectivity index (χ2v) is 10.5. The van der Waals surface area contributed by atoms with E-state index in [0.29, 0.717) is 13.8 Å². The highest BCUT2D eigenvalue weighted by Gasteiger charge is 2.49. The second-order valence-electron chi connectivity index (χ2n) is 8.82. The monoisotopic (exact) mass is 552 g/mol. The number of halogens is 4. The summed E-state index contributed by atoms with van der Waals surface area (Å²) in [6, 6.07) is 14.4. The van der Waals surface area contributed by atoms with E-state index in [2.05, 4.69) is 15.6 Å². The predicted molar refractivity (Wildman–Crippen MR) is 131 cm³/mol. The zero-order valence-electron chi connectivity index (χ0n) is 20.2. The van der Waals surface area contributed by atoms with Gasteiger partial charge in [0.1, 0.15) is 23.1 Å². The molecule has 8 nitrogen and oxygen atoms in total. The molecule has 0 radical (unpaired) electrons. The zero-order chi connectivity index (χ0) is 28.1. The second kappa shape index (κ2) is 11.3.